The number of halogens is 1. The smallest absolute Gasteiger partial charge is 0.257 e. The van der Waals surface area contributed by atoms with Gasteiger partial charge in [0.25, 0.3) is 5.91 Å². The third-order valence-electron chi connectivity index (χ3n) is 3.27. The molecule has 1 aromatic carbocycles. The number of benzene rings is 1. The van der Waals surface area contributed by atoms with Crippen LogP contribution in [0.25, 0.3) is 0 Å². The van der Waals surface area contributed by atoms with E-state index in [1.54, 1.807) is 0 Å². The molecule has 0 radical (unpaired) electrons. The third kappa shape index (κ3) is 4.59. The number of pyridine rings is 1. The fourth-order valence-electron chi connectivity index (χ4n) is 1.96. The van der Waals surface area contributed by atoms with E-state index in [0.717, 1.165) is 31.2 Å². The molecular weight excluding hydrogens is 349 g/mol. The first-order chi connectivity index (χ1) is 11.6. The van der Waals surface area contributed by atoms with Gasteiger partial charge in [-0.15, -0.1) is 0 Å². The predicted molar refractivity (Wildman–Crippen MR) is 86.7 cm³/mol. The Morgan fingerprint density at radius 3 is 2.48 bits per heavy atom. The van der Waals surface area contributed by atoms with Crippen molar-refractivity contribution in [1.29, 1.82) is 5.26 Å². The monoisotopic (exact) mass is 363 g/mol. The Kier molecular flexibility index (Phi) is 5.15. The van der Waals surface area contributed by atoms with Crippen LogP contribution in [0.5, 0.6) is 0 Å². The number of hydrogen-bond donors (Lipinski definition) is 2. The number of nitriles is 1. The van der Waals surface area contributed by atoms with Crippen LogP contribution in [0.1, 0.15) is 12.6 Å². The first-order valence-corrected chi connectivity index (χ1v) is 8.67. The Morgan fingerprint density at radius 2 is 1.96 bits per heavy atom. The highest BCUT2D eigenvalue weighted by molar-refractivity contribution is 7.91. The molecule has 0 fully saturated rings. The van der Waals surface area contributed by atoms with E-state index in [4.69, 9.17) is 5.26 Å². The van der Waals surface area contributed by atoms with Gasteiger partial charge in [-0.05, 0) is 43.3 Å². The molecule has 1 amide bonds. The molecule has 9 heteroatoms. The van der Waals surface area contributed by atoms with Gasteiger partial charge in [0, 0.05) is 0 Å². The fourth-order valence-corrected chi connectivity index (χ4v) is 3.55. The molecule has 0 aliphatic carbocycles. The Labute approximate surface area is 143 Å². The molecule has 2 N–H and O–H groups in total. The lowest BCUT2D eigenvalue weighted by Gasteiger charge is -2.22. The lowest BCUT2D eigenvalue weighted by atomic mass is 10.1. The molecule has 25 heavy (non-hydrogen) atoms. The zero-order valence-electron chi connectivity index (χ0n) is 13.1. The number of nitrogens with zero attached hydrogens (tertiary/aromatic N) is 2. The molecule has 0 saturated carbocycles. The minimum Gasteiger partial charge on any atom is -0.379 e. The van der Waals surface area contributed by atoms with E-state index in [0.29, 0.717) is 0 Å². The summed E-state index contributed by atoms with van der Waals surface area (Å²) in [6.45, 7) is 1.06. The van der Waals surface area contributed by atoms with Crippen molar-refractivity contribution in [2.24, 2.45) is 0 Å². The van der Waals surface area contributed by atoms with Gasteiger partial charge in [0.05, 0.1) is 22.5 Å². The van der Waals surface area contributed by atoms with Crippen molar-refractivity contribution in [2.75, 3.05) is 11.1 Å². The highest BCUT2D eigenvalue weighted by Gasteiger charge is 2.36. The maximum absolute atomic E-state index is 12.9. The quantitative estimate of drug-likeness (QED) is 0.772. The lowest BCUT2D eigenvalue weighted by Crippen LogP contribution is -2.45. The summed E-state index contributed by atoms with van der Waals surface area (Å²) in [4.78, 5) is 15.7. The number of anilines is 1. The second-order valence-corrected chi connectivity index (χ2v) is 7.47. The topological polar surface area (TPSA) is 120 Å². The Morgan fingerprint density at radius 1 is 1.32 bits per heavy atom. The number of amides is 1. The first-order valence-electron chi connectivity index (χ1n) is 7.02. The summed E-state index contributed by atoms with van der Waals surface area (Å²) >= 11 is 0. The molecule has 1 heterocycles. The summed E-state index contributed by atoms with van der Waals surface area (Å²) in [6, 6.07) is 8.64. The number of hydrogen-bond acceptors (Lipinski definition) is 6. The van der Waals surface area contributed by atoms with Crippen LogP contribution >= 0.6 is 0 Å². The van der Waals surface area contributed by atoms with Crippen molar-refractivity contribution in [3.05, 3.63) is 54.1 Å². The van der Waals surface area contributed by atoms with Crippen molar-refractivity contribution in [3.8, 4) is 6.07 Å². The van der Waals surface area contributed by atoms with Crippen LogP contribution in [-0.4, -0.2) is 35.8 Å². The van der Waals surface area contributed by atoms with Crippen LogP contribution in [0.3, 0.4) is 0 Å². The van der Waals surface area contributed by atoms with Crippen LogP contribution in [0.2, 0.25) is 0 Å². The average Bonchev–Trinajstić information content (AvgIpc) is 2.55. The van der Waals surface area contributed by atoms with Crippen LogP contribution in [0.15, 0.2) is 47.5 Å². The van der Waals surface area contributed by atoms with Crippen LogP contribution in [-0.2, 0) is 14.6 Å². The third-order valence-corrected chi connectivity index (χ3v) is 5.20. The predicted octanol–water partition coefficient (Wildman–Crippen LogP) is 1.26. The van der Waals surface area contributed by atoms with E-state index in [1.807, 2.05) is 6.07 Å². The van der Waals surface area contributed by atoms with Crippen molar-refractivity contribution < 1.29 is 22.7 Å². The van der Waals surface area contributed by atoms with E-state index in [-0.39, 0.29) is 16.3 Å². The van der Waals surface area contributed by atoms with E-state index < -0.39 is 32.9 Å². The van der Waals surface area contributed by atoms with Gasteiger partial charge in [0.1, 0.15) is 17.6 Å². The summed E-state index contributed by atoms with van der Waals surface area (Å²) in [5, 5.41) is 21.3. The summed E-state index contributed by atoms with van der Waals surface area (Å²) in [5.41, 5.74) is -1.90. The molecule has 0 aliphatic rings. The Balaban J connectivity index is 2.14. The van der Waals surface area contributed by atoms with E-state index in [2.05, 4.69) is 10.3 Å². The zero-order valence-corrected chi connectivity index (χ0v) is 13.9. The number of carbonyl (C=O) groups excluding carboxylic acids is 1. The standard InChI is InChI=1S/C16H14FN3O4S/c1-16(22,10-25(23,24)14-6-2-11(17)3-7-14)15(21)20-13-5-4-12(8-18)19-9-13/h2-7,9,22H,10H2,1H3,(H,20,21)/t16-/m0/s1. The number of aromatic nitrogens is 1. The highest BCUT2D eigenvalue weighted by Crippen LogP contribution is 2.19. The number of carbonyl (C=O) groups is 1. The van der Waals surface area contributed by atoms with Gasteiger partial charge >= 0.3 is 0 Å². The normalized spacial score (nSPS) is 13.5. The van der Waals surface area contributed by atoms with Crippen molar-refractivity contribution in [2.45, 2.75) is 17.4 Å². The summed E-state index contributed by atoms with van der Waals surface area (Å²) in [6.07, 6.45) is 1.21. The molecular formula is C16H14FN3O4S. The maximum atomic E-state index is 12.9. The summed E-state index contributed by atoms with van der Waals surface area (Å²) < 4.78 is 37.5. The SMILES string of the molecule is C[C@](O)(CS(=O)(=O)c1ccc(F)cc1)C(=O)Nc1ccc(C#N)nc1. The van der Waals surface area contributed by atoms with Gasteiger partial charge in [-0.1, -0.05) is 0 Å². The Bertz CT molecular complexity index is 917. The van der Waals surface area contributed by atoms with E-state index in [9.17, 15) is 22.7 Å². The second-order valence-electron chi connectivity index (χ2n) is 5.48. The van der Waals surface area contributed by atoms with Crippen LogP contribution < -0.4 is 5.32 Å². The summed E-state index contributed by atoms with van der Waals surface area (Å²) in [7, 11) is -4.02. The van der Waals surface area contributed by atoms with Crippen molar-refractivity contribution in [3.63, 3.8) is 0 Å². The van der Waals surface area contributed by atoms with Crippen molar-refractivity contribution in [1.82, 2.24) is 4.98 Å². The molecule has 0 saturated heterocycles. The molecule has 0 spiro atoms. The van der Waals surface area contributed by atoms with Crippen molar-refractivity contribution >= 4 is 21.4 Å². The maximum Gasteiger partial charge on any atom is 0.257 e. The van der Waals surface area contributed by atoms with Gasteiger partial charge in [-0.2, -0.15) is 5.26 Å². The molecule has 2 rings (SSSR count). The molecule has 7 nitrogen and oxygen atoms in total. The Hall–Kier alpha value is -2.83. The average molecular weight is 363 g/mol. The summed E-state index contributed by atoms with van der Waals surface area (Å²) in [5.74, 6) is -2.44. The van der Waals surface area contributed by atoms with Gasteiger partial charge in [-0.25, -0.2) is 17.8 Å². The molecule has 0 unspecified atom stereocenters. The highest BCUT2D eigenvalue weighted by atomic mass is 32.2. The second kappa shape index (κ2) is 6.96. The van der Waals surface area contributed by atoms with Gasteiger partial charge in [0.15, 0.2) is 15.4 Å². The van der Waals surface area contributed by atoms with Gasteiger partial charge in [-0.3, -0.25) is 4.79 Å². The minimum absolute atomic E-state index is 0.142. The number of nitrogens with one attached hydrogen (secondary N) is 1. The zero-order chi connectivity index (χ0) is 18.7. The molecule has 1 atom stereocenters. The van der Waals surface area contributed by atoms with Gasteiger partial charge in [0.2, 0.25) is 0 Å². The number of sulfone groups is 1. The van der Waals surface area contributed by atoms with E-state index >= 15 is 0 Å². The van der Waals surface area contributed by atoms with Crippen LogP contribution in [0, 0.1) is 17.1 Å². The lowest BCUT2D eigenvalue weighted by molar-refractivity contribution is -0.130. The van der Waals surface area contributed by atoms with Crippen LogP contribution in [0.4, 0.5) is 10.1 Å². The molecule has 130 valence electrons. The fraction of sp³-hybridized carbons (Fsp3) is 0.188. The minimum atomic E-state index is -4.02. The molecule has 1 aromatic heterocycles. The number of rotatable bonds is 5. The first kappa shape index (κ1) is 18.5. The van der Waals surface area contributed by atoms with Gasteiger partial charge < -0.3 is 10.4 Å². The van der Waals surface area contributed by atoms with E-state index in [1.165, 1.54) is 18.3 Å². The molecule has 0 aliphatic heterocycles. The molecule has 2 aromatic rings. The molecule has 0 bridgehead atoms. The number of aliphatic hydroxyl groups is 1. The largest absolute Gasteiger partial charge is 0.379 e.